The molecular formula is C21H20N2O. The van der Waals surface area contributed by atoms with Crippen LogP contribution in [-0.4, -0.2) is 11.1 Å². The number of hydrogen-bond acceptors (Lipinski definition) is 2. The number of para-hydroxylation sites is 1. The maximum Gasteiger partial charge on any atom is 0.264 e. The molecule has 0 bridgehead atoms. The van der Waals surface area contributed by atoms with Crippen molar-refractivity contribution >= 4 is 10.8 Å². The summed E-state index contributed by atoms with van der Waals surface area (Å²) in [4.78, 5) is 13.2. The molecule has 3 nitrogen and oxygen atoms in total. The van der Waals surface area contributed by atoms with Crippen molar-refractivity contribution in [3.05, 3.63) is 76.2 Å². The van der Waals surface area contributed by atoms with E-state index in [0.29, 0.717) is 18.4 Å². The molecule has 0 radical (unpaired) electrons. The van der Waals surface area contributed by atoms with Crippen molar-refractivity contribution in [1.29, 1.82) is 0 Å². The van der Waals surface area contributed by atoms with Gasteiger partial charge in [-0.15, -0.1) is 0 Å². The predicted octanol–water partition coefficient (Wildman–Crippen LogP) is 3.25. The number of nitrogens with two attached hydrogens (primary N) is 1. The van der Waals surface area contributed by atoms with Crippen molar-refractivity contribution in [2.75, 3.05) is 6.54 Å². The van der Waals surface area contributed by atoms with Crippen molar-refractivity contribution in [1.82, 2.24) is 4.57 Å². The van der Waals surface area contributed by atoms with Gasteiger partial charge >= 0.3 is 0 Å². The van der Waals surface area contributed by atoms with Gasteiger partial charge in [0.15, 0.2) is 0 Å². The summed E-state index contributed by atoms with van der Waals surface area (Å²) in [6.07, 6.45) is 1.40. The third-order valence-corrected chi connectivity index (χ3v) is 3.99. The molecular weight excluding hydrogens is 296 g/mol. The predicted molar refractivity (Wildman–Crippen MR) is 99.5 cm³/mol. The molecule has 0 saturated heterocycles. The maximum atomic E-state index is 13.2. The van der Waals surface area contributed by atoms with Crippen LogP contribution in [-0.2, 0) is 6.42 Å². The average Bonchev–Trinajstić information content (AvgIpc) is 2.62. The second kappa shape index (κ2) is 7.16. The first-order valence-electron chi connectivity index (χ1n) is 8.18. The molecule has 0 saturated carbocycles. The summed E-state index contributed by atoms with van der Waals surface area (Å²) in [5.41, 5.74) is 8.12. The molecule has 0 aliphatic heterocycles. The fourth-order valence-electron chi connectivity index (χ4n) is 2.87. The van der Waals surface area contributed by atoms with Crippen molar-refractivity contribution in [2.45, 2.75) is 19.8 Å². The molecule has 2 N–H and O–H groups in total. The molecule has 0 aliphatic carbocycles. The molecule has 1 aromatic heterocycles. The molecule has 3 rings (SSSR count). The minimum Gasteiger partial charge on any atom is -0.330 e. The van der Waals surface area contributed by atoms with Crippen LogP contribution in [0, 0.1) is 11.8 Å². The van der Waals surface area contributed by atoms with Gasteiger partial charge in [-0.3, -0.25) is 9.36 Å². The Morgan fingerprint density at radius 1 is 1.08 bits per heavy atom. The smallest absolute Gasteiger partial charge is 0.264 e. The van der Waals surface area contributed by atoms with E-state index in [2.05, 4.69) is 24.8 Å². The van der Waals surface area contributed by atoms with Gasteiger partial charge in [0.25, 0.3) is 5.56 Å². The van der Waals surface area contributed by atoms with E-state index in [1.807, 2.05) is 48.5 Å². The van der Waals surface area contributed by atoms with Crippen LogP contribution in [0.15, 0.2) is 59.4 Å². The number of aromatic nitrogens is 1. The standard InChI is InChI=1S/C21H20N2O/c1-2-18-15-17-11-8-10-16(9-6-7-14-22)20(17)21(24)23(18)19-12-4-3-5-13-19/h3-5,8,10-13,15H,2,7,14,22H2,1H3. The third kappa shape index (κ3) is 2.97. The molecule has 0 spiro atoms. The number of rotatable bonds is 3. The summed E-state index contributed by atoms with van der Waals surface area (Å²) in [6.45, 7) is 2.58. The van der Waals surface area contributed by atoms with Crippen LogP contribution in [0.3, 0.4) is 0 Å². The normalized spacial score (nSPS) is 10.4. The molecule has 0 fully saturated rings. The molecule has 0 atom stereocenters. The Kier molecular flexibility index (Phi) is 4.79. The van der Waals surface area contributed by atoms with Crippen LogP contribution < -0.4 is 11.3 Å². The van der Waals surface area contributed by atoms with Gasteiger partial charge in [-0.2, -0.15) is 0 Å². The van der Waals surface area contributed by atoms with Crippen LogP contribution in [0.1, 0.15) is 24.6 Å². The maximum absolute atomic E-state index is 13.2. The zero-order valence-corrected chi connectivity index (χ0v) is 13.8. The summed E-state index contributed by atoms with van der Waals surface area (Å²) in [6, 6.07) is 17.6. The Balaban J connectivity index is 2.33. The average molecular weight is 316 g/mol. The Morgan fingerprint density at radius 2 is 1.88 bits per heavy atom. The number of aryl methyl sites for hydroxylation is 1. The SMILES string of the molecule is CCc1cc2cccc(C#CCCN)c2c(=O)n1-c1ccccc1. The molecule has 3 heteroatoms. The van der Waals surface area contributed by atoms with E-state index in [0.717, 1.165) is 28.8 Å². The molecule has 0 unspecified atom stereocenters. The quantitative estimate of drug-likeness (QED) is 0.754. The highest BCUT2D eigenvalue weighted by Gasteiger charge is 2.12. The van der Waals surface area contributed by atoms with Crippen molar-refractivity contribution in [3.8, 4) is 17.5 Å². The molecule has 1 heterocycles. The van der Waals surface area contributed by atoms with Crippen LogP contribution in [0.4, 0.5) is 0 Å². The van der Waals surface area contributed by atoms with Gasteiger partial charge in [0.1, 0.15) is 0 Å². The lowest BCUT2D eigenvalue weighted by atomic mass is 10.0. The van der Waals surface area contributed by atoms with Gasteiger partial charge < -0.3 is 5.73 Å². The van der Waals surface area contributed by atoms with Crippen LogP contribution in [0.5, 0.6) is 0 Å². The first-order valence-corrected chi connectivity index (χ1v) is 8.18. The Bertz CT molecular complexity index is 976. The van der Waals surface area contributed by atoms with Gasteiger partial charge in [0.2, 0.25) is 0 Å². The van der Waals surface area contributed by atoms with Gasteiger partial charge in [-0.1, -0.05) is 49.1 Å². The van der Waals surface area contributed by atoms with E-state index in [4.69, 9.17) is 5.73 Å². The monoisotopic (exact) mass is 316 g/mol. The zero-order valence-electron chi connectivity index (χ0n) is 13.8. The molecule has 120 valence electrons. The Hall–Kier alpha value is -2.83. The molecule has 0 amide bonds. The zero-order chi connectivity index (χ0) is 16.9. The first-order chi connectivity index (χ1) is 11.8. The molecule has 24 heavy (non-hydrogen) atoms. The Labute approximate surface area is 141 Å². The van der Waals surface area contributed by atoms with Gasteiger partial charge in [0.05, 0.1) is 5.39 Å². The topological polar surface area (TPSA) is 48.0 Å². The molecule has 2 aromatic carbocycles. The second-order valence-electron chi connectivity index (χ2n) is 5.58. The lowest BCUT2D eigenvalue weighted by Crippen LogP contribution is -2.22. The van der Waals surface area contributed by atoms with E-state index in [-0.39, 0.29) is 5.56 Å². The number of pyridine rings is 1. The van der Waals surface area contributed by atoms with E-state index in [9.17, 15) is 4.79 Å². The first kappa shape index (κ1) is 16.0. The number of nitrogens with zero attached hydrogens (tertiary/aromatic N) is 1. The number of fused-ring (bicyclic) bond motifs is 1. The second-order valence-corrected chi connectivity index (χ2v) is 5.58. The summed E-state index contributed by atoms with van der Waals surface area (Å²) < 4.78 is 1.79. The fraction of sp³-hybridized carbons (Fsp3) is 0.190. The highest BCUT2D eigenvalue weighted by atomic mass is 16.1. The highest BCUT2D eigenvalue weighted by Crippen LogP contribution is 2.19. The fourth-order valence-corrected chi connectivity index (χ4v) is 2.87. The third-order valence-electron chi connectivity index (χ3n) is 3.99. The van der Waals surface area contributed by atoms with Crippen LogP contribution >= 0.6 is 0 Å². The summed E-state index contributed by atoms with van der Waals surface area (Å²) >= 11 is 0. The Morgan fingerprint density at radius 3 is 2.58 bits per heavy atom. The van der Waals surface area contributed by atoms with E-state index >= 15 is 0 Å². The lowest BCUT2D eigenvalue weighted by Gasteiger charge is -2.14. The van der Waals surface area contributed by atoms with E-state index < -0.39 is 0 Å². The minimum atomic E-state index is -0.0202. The number of benzene rings is 2. The highest BCUT2D eigenvalue weighted by molar-refractivity contribution is 5.88. The van der Waals surface area contributed by atoms with E-state index in [1.54, 1.807) is 4.57 Å². The summed E-state index contributed by atoms with van der Waals surface area (Å²) in [5.74, 6) is 6.14. The van der Waals surface area contributed by atoms with Crippen LogP contribution in [0.25, 0.3) is 16.5 Å². The number of hydrogen-bond donors (Lipinski definition) is 1. The van der Waals surface area contributed by atoms with Crippen molar-refractivity contribution < 1.29 is 0 Å². The lowest BCUT2D eigenvalue weighted by molar-refractivity contribution is 0.889. The van der Waals surface area contributed by atoms with Crippen molar-refractivity contribution in [2.24, 2.45) is 5.73 Å². The minimum absolute atomic E-state index is 0.0202. The van der Waals surface area contributed by atoms with Gasteiger partial charge in [-0.25, -0.2) is 0 Å². The van der Waals surface area contributed by atoms with E-state index in [1.165, 1.54) is 0 Å². The van der Waals surface area contributed by atoms with Crippen molar-refractivity contribution in [3.63, 3.8) is 0 Å². The molecule has 0 aliphatic rings. The molecule has 3 aromatic rings. The van der Waals surface area contributed by atoms with Gasteiger partial charge in [-0.05, 0) is 36.1 Å². The van der Waals surface area contributed by atoms with Crippen LogP contribution in [0.2, 0.25) is 0 Å². The largest absolute Gasteiger partial charge is 0.330 e. The summed E-state index contributed by atoms with van der Waals surface area (Å²) in [5, 5.41) is 1.60. The van der Waals surface area contributed by atoms with Gasteiger partial charge in [0, 0.05) is 29.9 Å². The summed E-state index contributed by atoms with van der Waals surface area (Å²) in [7, 11) is 0.